The molecule has 0 bridgehead atoms. The van der Waals surface area contributed by atoms with Crippen LogP contribution in [0.4, 0.5) is 0 Å². The van der Waals surface area contributed by atoms with Crippen molar-refractivity contribution in [3.05, 3.63) is 0 Å². The Balaban J connectivity index is 3.61. The van der Waals surface area contributed by atoms with Crippen molar-refractivity contribution in [1.29, 1.82) is 0 Å². The van der Waals surface area contributed by atoms with Crippen LogP contribution in [0.25, 0.3) is 0 Å². The Morgan fingerprint density at radius 1 is 1.18 bits per heavy atom. The van der Waals surface area contributed by atoms with Gasteiger partial charge >= 0.3 is 0 Å². The summed E-state index contributed by atoms with van der Waals surface area (Å²) in [6.45, 7) is 3.89. The summed E-state index contributed by atoms with van der Waals surface area (Å²) in [6.07, 6.45) is 0. The number of rotatable bonds is 4. The number of nitrogens with one attached hydrogen (secondary N) is 1. The van der Waals surface area contributed by atoms with E-state index in [2.05, 4.69) is 15.9 Å². The summed E-state index contributed by atoms with van der Waals surface area (Å²) in [4.78, 5) is 17.5. The van der Waals surface area contributed by atoms with E-state index in [0.29, 0.717) is 0 Å². The summed E-state index contributed by atoms with van der Waals surface area (Å²) in [5.41, 5.74) is -3.16. The second-order valence-electron chi connectivity index (χ2n) is 2.01. The maximum Gasteiger partial charge on any atom is 0.257 e. The van der Waals surface area contributed by atoms with E-state index >= 15 is 0 Å². The molecule has 0 heterocycles. The van der Waals surface area contributed by atoms with Crippen LogP contribution in [0.2, 0.25) is 0 Å². The number of hydrogen-bond donors (Lipinski definition) is 3. The fourth-order valence-electron chi connectivity index (χ4n) is 0.155. The third-order valence-electron chi connectivity index (χ3n) is 0.413. The average Bonchev–Trinajstić information content (AvgIpc) is 1.55. The van der Waals surface area contributed by atoms with E-state index < -0.39 is 10.9 Å². The molecule has 0 amide bonds. The first-order valence-electron chi connectivity index (χ1n) is 2.43. The van der Waals surface area contributed by atoms with Gasteiger partial charge in [0.05, 0.1) is 0 Å². The fourth-order valence-corrected chi connectivity index (χ4v) is 6.73. The van der Waals surface area contributed by atoms with Gasteiger partial charge in [-0.1, -0.05) is 11.8 Å². The van der Waals surface area contributed by atoms with Crippen LogP contribution in [0.1, 0.15) is 0 Å². The molecule has 0 unspecified atom stereocenters. The molecule has 0 radical (unpaired) electrons. The lowest BCUT2D eigenvalue weighted by atomic mass is 11.9. The maximum absolute atomic E-state index is 8.76. The zero-order chi connectivity index (χ0) is 9.12. The molecule has 3 nitrogen and oxygen atoms in total. The first-order valence-corrected chi connectivity index (χ1v) is 11.7. The minimum absolute atomic E-state index is 0.772. The molecule has 0 saturated carbocycles. The number of hydrogen-bond acceptors (Lipinski definition) is 5. The Morgan fingerprint density at radius 3 is 1.91 bits per heavy atom. The quantitative estimate of drug-likeness (QED) is 0.531. The van der Waals surface area contributed by atoms with Gasteiger partial charge in [0.15, 0.2) is 0 Å². The smallest absolute Gasteiger partial charge is 0.257 e. The fraction of sp³-hybridized carbons (Fsp3) is 1.00. The van der Waals surface area contributed by atoms with Gasteiger partial charge in [-0.25, -0.2) is 0 Å². The van der Waals surface area contributed by atoms with Crippen molar-refractivity contribution < 1.29 is 9.79 Å². The van der Waals surface area contributed by atoms with Crippen molar-refractivity contribution in [3.63, 3.8) is 0 Å². The predicted octanol–water partition coefficient (Wildman–Crippen LogP) is 1.74. The first-order chi connectivity index (χ1) is 4.71. The summed E-state index contributed by atoms with van der Waals surface area (Å²) in [6, 6.07) is 0. The standard InChI is InChI=1S/C2H9NO2P2S4/c1-6(2,8)10-3-11-7(4,5)9/h3H,1-2H3,(H2,4,5,9). The SMILES string of the molecule is CP(C)(=S)SNSP(O)(O)=S. The zero-order valence-corrected chi connectivity index (χ0v) is 11.0. The minimum atomic E-state index is -3.16. The Labute approximate surface area is 84.7 Å². The van der Waals surface area contributed by atoms with Crippen molar-refractivity contribution in [2.24, 2.45) is 0 Å². The molecule has 0 aromatic heterocycles. The second kappa shape index (κ2) is 4.94. The average molecular weight is 269 g/mol. The minimum Gasteiger partial charge on any atom is -0.337 e. The highest BCUT2D eigenvalue weighted by Gasteiger charge is 2.10. The largest absolute Gasteiger partial charge is 0.337 e. The third kappa shape index (κ3) is 11.9. The summed E-state index contributed by atoms with van der Waals surface area (Å²) >= 11 is 11.6. The van der Waals surface area contributed by atoms with Gasteiger partial charge in [0.1, 0.15) is 0 Å². The van der Waals surface area contributed by atoms with E-state index in [9.17, 15) is 0 Å². The molecule has 0 aliphatic heterocycles. The van der Waals surface area contributed by atoms with Gasteiger partial charge in [-0.05, 0) is 36.7 Å². The van der Waals surface area contributed by atoms with E-state index in [1.165, 1.54) is 11.6 Å². The van der Waals surface area contributed by atoms with Crippen molar-refractivity contribution in [2.45, 2.75) is 0 Å². The molecule has 0 saturated heterocycles. The molecule has 0 aliphatic carbocycles. The molecule has 0 aromatic rings. The van der Waals surface area contributed by atoms with Crippen molar-refractivity contribution in [1.82, 2.24) is 4.13 Å². The molecular weight excluding hydrogens is 260 g/mol. The van der Waals surface area contributed by atoms with Crippen LogP contribution >= 0.6 is 34.1 Å². The highest BCUT2D eigenvalue weighted by atomic mass is 32.9. The Morgan fingerprint density at radius 2 is 1.64 bits per heavy atom. The van der Waals surface area contributed by atoms with Crippen LogP contribution in [0.15, 0.2) is 0 Å². The topological polar surface area (TPSA) is 52.5 Å². The lowest BCUT2D eigenvalue weighted by Gasteiger charge is -2.10. The summed E-state index contributed by atoms with van der Waals surface area (Å²) in [7, 11) is 0. The molecule has 0 atom stereocenters. The van der Waals surface area contributed by atoms with Gasteiger partial charge in [-0.15, -0.1) is 0 Å². The van der Waals surface area contributed by atoms with E-state index in [1.807, 2.05) is 13.3 Å². The van der Waals surface area contributed by atoms with Crippen LogP contribution in [-0.4, -0.2) is 23.1 Å². The van der Waals surface area contributed by atoms with Crippen LogP contribution in [0, 0.1) is 0 Å². The van der Waals surface area contributed by atoms with Crippen LogP contribution in [-0.2, 0) is 23.6 Å². The van der Waals surface area contributed by atoms with Gasteiger partial charge in [0, 0.05) is 16.8 Å². The predicted molar refractivity (Wildman–Crippen MR) is 63.2 cm³/mol. The maximum atomic E-state index is 8.76. The van der Waals surface area contributed by atoms with Crippen LogP contribution < -0.4 is 4.13 Å². The molecule has 9 heteroatoms. The lowest BCUT2D eigenvalue weighted by Crippen LogP contribution is -1.87. The molecule has 0 fully saturated rings. The Bertz CT molecular complexity index is 186. The first kappa shape index (κ1) is 12.9. The van der Waals surface area contributed by atoms with Crippen LogP contribution in [0.5, 0.6) is 0 Å². The summed E-state index contributed by atoms with van der Waals surface area (Å²) < 4.78 is 2.69. The van der Waals surface area contributed by atoms with E-state index in [-0.39, 0.29) is 0 Å². The summed E-state index contributed by atoms with van der Waals surface area (Å²) in [5, 5.41) is -1.38. The molecule has 11 heavy (non-hydrogen) atoms. The van der Waals surface area contributed by atoms with E-state index in [1.54, 1.807) is 0 Å². The molecule has 0 aromatic carbocycles. The normalized spacial score (nSPS) is 13.5. The second-order valence-corrected chi connectivity index (χ2v) is 17.5. The highest BCUT2D eigenvalue weighted by molar-refractivity contribution is 8.75. The van der Waals surface area contributed by atoms with Gasteiger partial charge in [-0.3, -0.25) is 0 Å². The molecule has 0 aliphatic rings. The van der Waals surface area contributed by atoms with Gasteiger partial charge < -0.3 is 9.79 Å². The summed E-state index contributed by atoms with van der Waals surface area (Å²) in [5.74, 6) is 0. The molecule has 3 N–H and O–H groups in total. The Kier molecular flexibility index (Phi) is 5.78. The molecule has 0 spiro atoms. The van der Waals surface area contributed by atoms with Gasteiger partial charge in [0.25, 0.3) is 5.69 Å². The van der Waals surface area contributed by atoms with E-state index in [0.717, 1.165) is 11.6 Å². The lowest BCUT2D eigenvalue weighted by molar-refractivity contribution is 0.502. The van der Waals surface area contributed by atoms with Crippen LogP contribution in [0.3, 0.4) is 0 Å². The van der Waals surface area contributed by atoms with Gasteiger partial charge in [-0.2, -0.15) is 4.13 Å². The Hall–Kier alpha value is 1.88. The van der Waals surface area contributed by atoms with Crippen molar-refractivity contribution in [2.75, 3.05) is 13.3 Å². The highest BCUT2D eigenvalue weighted by Crippen LogP contribution is 2.56. The van der Waals surface area contributed by atoms with Crippen molar-refractivity contribution in [3.8, 4) is 0 Å². The van der Waals surface area contributed by atoms with E-state index in [4.69, 9.17) is 21.6 Å². The van der Waals surface area contributed by atoms with Gasteiger partial charge in [0.2, 0.25) is 0 Å². The third-order valence-corrected chi connectivity index (χ3v) is 6.40. The zero-order valence-electron chi connectivity index (χ0n) is 5.92. The molecule has 0 rings (SSSR count). The molecular formula is C2H9NO2P2S4. The molecule has 68 valence electrons. The van der Waals surface area contributed by atoms with Crippen molar-refractivity contribution >= 4 is 57.7 Å². The monoisotopic (exact) mass is 269 g/mol.